The number of pyridine rings is 1. The highest BCUT2D eigenvalue weighted by molar-refractivity contribution is 5.91. The van der Waals surface area contributed by atoms with E-state index in [0.29, 0.717) is 12.5 Å². The molecule has 8 heteroatoms. The average molecular weight is 353 g/mol. The molecule has 1 aliphatic heterocycles. The number of aromatic nitrogens is 5. The van der Waals surface area contributed by atoms with Crippen molar-refractivity contribution in [3.05, 3.63) is 42.0 Å². The van der Waals surface area contributed by atoms with E-state index in [9.17, 15) is 4.79 Å². The molecule has 0 atom stereocenters. The fourth-order valence-corrected chi connectivity index (χ4v) is 3.60. The molecule has 0 aliphatic carbocycles. The van der Waals surface area contributed by atoms with E-state index in [2.05, 4.69) is 29.9 Å². The number of hydrogen-bond donors (Lipinski definition) is 1. The predicted molar refractivity (Wildman–Crippen MR) is 98.0 cm³/mol. The average Bonchev–Trinajstić information content (AvgIpc) is 3.18. The van der Waals surface area contributed by atoms with E-state index in [1.807, 2.05) is 44.4 Å². The van der Waals surface area contributed by atoms with Crippen molar-refractivity contribution in [1.82, 2.24) is 29.3 Å². The van der Waals surface area contributed by atoms with Crippen molar-refractivity contribution < 1.29 is 4.79 Å². The number of hydrogen-bond acceptors (Lipinski definition) is 5. The van der Waals surface area contributed by atoms with Gasteiger partial charge in [0, 0.05) is 25.2 Å². The summed E-state index contributed by atoms with van der Waals surface area (Å²) in [4.78, 5) is 14.5. The molecule has 4 rings (SSSR count). The SMILES string of the molecule is Cc1cc(NC(=O)CN2CCC(c3nnc4ccccn34)CC2)n(C)n1. The van der Waals surface area contributed by atoms with Gasteiger partial charge >= 0.3 is 0 Å². The third kappa shape index (κ3) is 3.32. The van der Waals surface area contributed by atoms with Gasteiger partial charge in [-0.05, 0) is 45.0 Å². The zero-order valence-corrected chi connectivity index (χ0v) is 15.1. The number of carbonyl (C=O) groups excluding carboxylic acids is 1. The van der Waals surface area contributed by atoms with Gasteiger partial charge in [0.1, 0.15) is 11.6 Å². The van der Waals surface area contributed by atoms with Crippen molar-refractivity contribution in [2.45, 2.75) is 25.7 Å². The summed E-state index contributed by atoms with van der Waals surface area (Å²) in [6, 6.07) is 7.81. The van der Waals surface area contributed by atoms with Crippen molar-refractivity contribution >= 4 is 17.4 Å². The summed E-state index contributed by atoms with van der Waals surface area (Å²) in [5.74, 6) is 2.14. The molecule has 0 aromatic carbocycles. The number of fused-ring (bicyclic) bond motifs is 1. The van der Waals surface area contributed by atoms with E-state index in [1.165, 1.54) is 0 Å². The van der Waals surface area contributed by atoms with Crippen molar-refractivity contribution in [3.8, 4) is 0 Å². The summed E-state index contributed by atoms with van der Waals surface area (Å²) < 4.78 is 3.76. The monoisotopic (exact) mass is 353 g/mol. The summed E-state index contributed by atoms with van der Waals surface area (Å²) in [5.41, 5.74) is 1.78. The van der Waals surface area contributed by atoms with Crippen LogP contribution in [0, 0.1) is 6.92 Å². The molecule has 4 heterocycles. The highest BCUT2D eigenvalue weighted by Crippen LogP contribution is 2.27. The fourth-order valence-electron chi connectivity index (χ4n) is 3.60. The Kier molecular flexibility index (Phi) is 4.42. The minimum absolute atomic E-state index is 0.000576. The molecule has 1 N–H and O–H groups in total. The lowest BCUT2D eigenvalue weighted by molar-refractivity contribution is -0.117. The van der Waals surface area contributed by atoms with Crippen LogP contribution in [0.1, 0.15) is 30.3 Å². The molecule has 0 unspecified atom stereocenters. The van der Waals surface area contributed by atoms with Crippen LogP contribution in [0.4, 0.5) is 5.82 Å². The van der Waals surface area contributed by atoms with E-state index >= 15 is 0 Å². The molecule has 0 spiro atoms. The zero-order valence-electron chi connectivity index (χ0n) is 15.1. The second-order valence-electron chi connectivity index (χ2n) is 6.88. The Labute approximate surface area is 151 Å². The molecule has 0 radical (unpaired) electrons. The maximum absolute atomic E-state index is 12.3. The van der Waals surface area contributed by atoms with Crippen LogP contribution in [0.15, 0.2) is 30.5 Å². The van der Waals surface area contributed by atoms with Gasteiger partial charge in [0.05, 0.1) is 12.2 Å². The molecular weight excluding hydrogens is 330 g/mol. The first-order chi connectivity index (χ1) is 12.6. The van der Waals surface area contributed by atoms with Gasteiger partial charge < -0.3 is 5.32 Å². The maximum atomic E-state index is 12.3. The van der Waals surface area contributed by atoms with Crippen LogP contribution in [0.2, 0.25) is 0 Å². The zero-order chi connectivity index (χ0) is 18.1. The highest BCUT2D eigenvalue weighted by Gasteiger charge is 2.25. The van der Waals surface area contributed by atoms with Gasteiger partial charge in [-0.2, -0.15) is 5.10 Å². The van der Waals surface area contributed by atoms with Gasteiger partial charge in [0.25, 0.3) is 0 Å². The largest absolute Gasteiger partial charge is 0.310 e. The lowest BCUT2D eigenvalue weighted by atomic mass is 9.96. The van der Waals surface area contributed by atoms with E-state index in [-0.39, 0.29) is 5.91 Å². The van der Waals surface area contributed by atoms with Gasteiger partial charge in [-0.3, -0.25) is 18.8 Å². The number of likely N-dealkylation sites (tertiary alicyclic amines) is 1. The van der Waals surface area contributed by atoms with Crippen molar-refractivity contribution in [1.29, 1.82) is 0 Å². The minimum atomic E-state index is -0.000576. The number of anilines is 1. The fraction of sp³-hybridized carbons (Fsp3) is 0.444. The van der Waals surface area contributed by atoms with E-state index in [1.54, 1.807) is 4.68 Å². The summed E-state index contributed by atoms with van der Waals surface area (Å²) in [6.07, 6.45) is 3.97. The first-order valence-electron chi connectivity index (χ1n) is 8.92. The third-order valence-electron chi connectivity index (χ3n) is 4.93. The first kappa shape index (κ1) is 16.7. The molecule has 8 nitrogen and oxygen atoms in total. The molecule has 136 valence electrons. The number of piperidine rings is 1. The van der Waals surface area contributed by atoms with Crippen LogP contribution in [0.3, 0.4) is 0 Å². The molecule has 1 amide bonds. The normalized spacial score (nSPS) is 16.2. The highest BCUT2D eigenvalue weighted by atomic mass is 16.2. The van der Waals surface area contributed by atoms with Crippen LogP contribution in [0.25, 0.3) is 5.65 Å². The van der Waals surface area contributed by atoms with Crippen molar-refractivity contribution in [3.63, 3.8) is 0 Å². The van der Waals surface area contributed by atoms with Gasteiger partial charge in [-0.1, -0.05) is 6.07 Å². The molecule has 1 saturated heterocycles. The Morgan fingerprint density at radius 2 is 2.08 bits per heavy atom. The lowest BCUT2D eigenvalue weighted by Crippen LogP contribution is -2.39. The molecule has 1 fully saturated rings. The number of amides is 1. The van der Waals surface area contributed by atoms with Crippen LogP contribution in [0.5, 0.6) is 0 Å². The molecule has 3 aromatic rings. The van der Waals surface area contributed by atoms with Crippen LogP contribution in [-0.2, 0) is 11.8 Å². The molecule has 0 saturated carbocycles. The molecule has 26 heavy (non-hydrogen) atoms. The lowest BCUT2D eigenvalue weighted by Gasteiger charge is -2.30. The topological polar surface area (TPSA) is 80.4 Å². The number of nitrogens with one attached hydrogen (secondary N) is 1. The van der Waals surface area contributed by atoms with Crippen molar-refractivity contribution in [2.75, 3.05) is 25.0 Å². The van der Waals surface area contributed by atoms with E-state index < -0.39 is 0 Å². The van der Waals surface area contributed by atoms with Crippen LogP contribution < -0.4 is 5.32 Å². The first-order valence-corrected chi connectivity index (χ1v) is 8.92. The Balaban J connectivity index is 1.33. The molecule has 3 aromatic heterocycles. The Hall–Kier alpha value is -2.74. The smallest absolute Gasteiger partial charge is 0.239 e. The number of carbonyl (C=O) groups is 1. The summed E-state index contributed by atoms with van der Waals surface area (Å²) in [6.45, 7) is 4.07. The number of nitrogens with zero attached hydrogens (tertiary/aromatic N) is 6. The summed E-state index contributed by atoms with van der Waals surface area (Å²) >= 11 is 0. The van der Waals surface area contributed by atoms with Gasteiger partial charge in [-0.15, -0.1) is 10.2 Å². The Bertz CT molecular complexity index is 921. The predicted octanol–water partition coefficient (Wildman–Crippen LogP) is 1.59. The quantitative estimate of drug-likeness (QED) is 0.770. The van der Waals surface area contributed by atoms with Gasteiger partial charge in [0.15, 0.2) is 5.65 Å². The Morgan fingerprint density at radius 1 is 1.27 bits per heavy atom. The summed E-state index contributed by atoms with van der Waals surface area (Å²) in [7, 11) is 1.83. The number of aryl methyl sites for hydroxylation is 2. The molecule has 0 bridgehead atoms. The second-order valence-corrected chi connectivity index (χ2v) is 6.88. The molecular formula is C18H23N7O. The third-order valence-corrected chi connectivity index (χ3v) is 4.93. The number of rotatable bonds is 4. The second kappa shape index (κ2) is 6.87. The minimum Gasteiger partial charge on any atom is -0.310 e. The van der Waals surface area contributed by atoms with Crippen LogP contribution in [-0.4, -0.2) is 54.8 Å². The van der Waals surface area contributed by atoms with Gasteiger partial charge in [-0.25, -0.2) is 0 Å². The van der Waals surface area contributed by atoms with Crippen LogP contribution >= 0.6 is 0 Å². The summed E-state index contributed by atoms with van der Waals surface area (Å²) in [5, 5.41) is 15.8. The standard InChI is InChI=1S/C18H23N7O/c1-13-11-16(23(2)22-13)19-17(26)12-24-9-6-14(7-10-24)18-21-20-15-5-3-4-8-25(15)18/h3-5,8,11,14H,6-7,9-10,12H2,1-2H3,(H,19,26). The Morgan fingerprint density at radius 3 is 2.81 bits per heavy atom. The maximum Gasteiger partial charge on any atom is 0.239 e. The van der Waals surface area contributed by atoms with E-state index in [4.69, 9.17) is 0 Å². The van der Waals surface area contributed by atoms with Gasteiger partial charge in [0.2, 0.25) is 5.91 Å². The van der Waals surface area contributed by atoms with E-state index in [0.717, 1.165) is 48.9 Å². The molecule has 1 aliphatic rings. The van der Waals surface area contributed by atoms with Crippen molar-refractivity contribution in [2.24, 2.45) is 7.05 Å².